The zero-order valence-corrected chi connectivity index (χ0v) is 67.8. The van der Waals surface area contributed by atoms with E-state index in [-0.39, 0.29) is 10.8 Å². The summed E-state index contributed by atoms with van der Waals surface area (Å²) in [6.45, 7) is 9.33. The van der Waals surface area contributed by atoms with Crippen LogP contribution in [0, 0.1) is 0 Å². The van der Waals surface area contributed by atoms with E-state index < -0.39 is 0 Å². The summed E-state index contributed by atoms with van der Waals surface area (Å²) < 4.78 is 0. The van der Waals surface area contributed by atoms with Gasteiger partial charge in [-0.05, 0) is 213 Å². The molecule has 0 amide bonds. The third-order valence-corrected chi connectivity index (χ3v) is 25.9. The van der Waals surface area contributed by atoms with Gasteiger partial charge in [-0.2, -0.15) is 0 Å². The van der Waals surface area contributed by atoms with E-state index in [0.717, 1.165) is 78.4 Å². The van der Waals surface area contributed by atoms with Crippen LogP contribution in [0.2, 0.25) is 0 Å². The third-order valence-electron chi connectivity index (χ3n) is 25.9. The largest absolute Gasteiger partial charge is 0.264 e. The number of hydrogen-bond donors (Lipinski definition) is 0. The van der Waals surface area contributed by atoms with Crippen molar-refractivity contribution >= 4 is 64.6 Å². The van der Waals surface area contributed by atoms with Crippen LogP contribution in [-0.2, 0) is 10.8 Å². The van der Waals surface area contributed by atoms with Gasteiger partial charge in [0.2, 0.25) is 0 Å². The van der Waals surface area contributed by atoms with Crippen LogP contribution < -0.4 is 0 Å². The fourth-order valence-corrected chi connectivity index (χ4v) is 19.5. The fraction of sp³-hybridized carbons (Fsp3) is 0.0517. The molecule has 0 saturated carbocycles. The van der Waals surface area contributed by atoms with Crippen molar-refractivity contribution in [2.75, 3.05) is 0 Å². The zero-order valence-electron chi connectivity index (χ0n) is 67.8. The predicted molar refractivity (Wildman–Crippen MR) is 507 cm³/mol. The molecule has 0 bridgehead atoms. The van der Waals surface area contributed by atoms with Gasteiger partial charge in [0.25, 0.3) is 0 Å². The molecular formula is C116H78N6. The highest BCUT2D eigenvalue weighted by Gasteiger charge is 2.37. The van der Waals surface area contributed by atoms with Crippen molar-refractivity contribution in [3.63, 3.8) is 0 Å². The predicted octanol–water partition coefficient (Wildman–Crippen LogP) is 30.2. The molecule has 0 unspecified atom stereocenters. The Morgan fingerprint density at radius 2 is 0.475 bits per heavy atom. The molecule has 2 aliphatic rings. The van der Waals surface area contributed by atoms with Crippen LogP contribution in [0.3, 0.4) is 0 Å². The minimum Gasteiger partial charge on any atom is -0.264 e. The van der Waals surface area contributed by atoms with Crippen molar-refractivity contribution in [2.24, 2.45) is 0 Å². The molecule has 4 heterocycles. The lowest BCUT2D eigenvalue weighted by atomic mass is 9.81. The highest BCUT2D eigenvalue weighted by molar-refractivity contribution is 6.27. The first-order chi connectivity index (χ1) is 59.9. The second-order valence-corrected chi connectivity index (χ2v) is 33.7. The summed E-state index contributed by atoms with van der Waals surface area (Å²) in [4.78, 5) is 29.7. The van der Waals surface area contributed by atoms with Crippen LogP contribution in [0.1, 0.15) is 49.9 Å². The minimum atomic E-state index is -0.0545. The molecule has 0 radical (unpaired) electrons. The highest BCUT2D eigenvalue weighted by Crippen LogP contribution is 2.52. The first kappa shape index (κ1) is 71.8. The summed E-state index contributed by atoms with van der Waals surface area (Å²) in [5, 5.41) is 15.5. The Bertz CT molecular complexity index is 7840. The van der Waals surface area contributed by atoms with E-state index >= 15 is 0 Å². The van der Waals surface area contributed by atoms with E-state index in [2.05, 4.69) is 402 Å². The lowest BCUT2D eigenvalue weighted by Gasteiger charge is -2.22. The van der Waals surface area contributed by atoms with Gasteiger partial charge in [0.1, 0.15) is 0 Å². The maximum absolute atomic E-state index is 5.26. The van der Waals surface area contributed by atoms with Crippen LogP contribution in [0.15, 0.2) is 401 Å². The van der Waals surface area contributed by atoms with Crippen LogP contribution in [0.4, 0.5) is 0 Å². The maximum Gasteiger partial charge on any atom is 0.160 e. The van der Waals surface area contributed by atoms with Gasteiger partial charge in [0.05, 0.1) is 22.8 Å². The van der Waals surface area contributed by atoms with Crippen LogP contribution in [-0.4, -0.2) is 29.9 Å². The van der Waals surface area contributed by atoms with E-state index in [4.69, 9.17) is 19.9 Å². The molecule has 122 heavy (non-hydrogen) atoms. The second-order valence-electron chi connectivity index (χ2n) is 33.7. The van der Waals surface area contributed by atoms with Gasteiger partial charge in [-0.15, -0.1) is 0 Å². The third kappa shape index (κ3) is 12.2. The van der Waals surface area contributed by atoms with E-state index in [0.29, 0.717) is 11.6 Å². The molecule has 6 nitrogen and oxygen atoms in total. The number of rotatable bonds is 12. The number of hydrogen-bond acceptors (Lipinski definition) is 6. The Hall–Kier alpha value is -15.5. The highest BCUT2D eigenvalue weighted by atomic mass is 14.9. The number of pyridine rings is 2. The van der Waals surface area contributed by atoms with Gasteiger partial charge in [-0.25, -0.2) is 19.9 Å². The number of benzene rings is 18. The lowest BCUT2D eigenvalue weighted by Crippen LogP contribution is -2.14. The lowest BCUT2D eigenvalue weighted by molar-refractivity contribution is 0.660. The van der Waals surface area contributed by atoms with Crippen molar-refractivity contribution < 1.29 is 0 Å². The molecular weight excluding hydrogens is 1480 g/mol. The Morgan fingerprint density at radius 1 is 0.180 bits per heavy atom. The normalized spacial score (nSPS) is 12.9. The molecule has 24 rings (SSSR count). The summed E-state index contributed by atoms with van der Waals surface area (Å²) in [6.07, 6.45) is 7.41. The van der Waals surface area contributed by atoms with E-state index in [9.17, 15) is 0 Å². The van der Waals surface area contributed by atoms with Gasteiger partial charge >= 0.3 is 0 Å². The molecule has 0 spiro atoms. The summed E-state index contributed by atoms with van der Waals surface area (Å²) in [6, 6.07) is 136. The topological polar surface area (TPSA) is 77.3 Å². The van der Waals surface area contributed by atoms with Gasteiger partial charge in [0, 0.05) is 74.6 Å². The Morgan fingerprint density at radius 3 is 0.893 bits per heavy atom. The zero-order chi connectivity index (χ0) is 81.3. The van der Waals surface area contributed by atoms with Crippen molar-refractivity contribution in [2.45, 2.75) is 38.5 Å². The molecule has 572 valence electrons. The monoisotopic (exact) mass is 1550 g/mol. The van der Waals surface area contributed by atoms with E-state index in [1.807, 2.05) is 24.5 Å². The van der Waals surface area contributed by atoms with Crippen molar-refractivity contribution in [1.29, 1.82) is 0 Å². The smallest absolute Gasteiger partial charge is 0.160 e. The van der Waals surface area contributed by atoms with Crippen LogP contribution >= 0.6 is 0 Å². The average Bonchev–Trinajstić information content (AvgIpc) is 1.52. The Labute approximate surface area is 708 Å². The molecule has 6 heteroatoms. The number of aromatic nitrogens is 6. The first-order valence-corrected chi connectivity index (χ1v) is 42.0. The quantitative estimate of drug-likeness (QED) is 0.113. The molecule has 18 aromatic carbocycles. The molecule has 0 atom stereocenters. The average molecular weight is 1560 g/mol. The fourth-order valence-electron chi connectivity index (χ4n) is 19.5. The number of fused-ring (bicyclic) bond motifs is 6. The summed E-state index contributed by atoms with van der Waals surface area (Å²) in [5.74, 6) is 1.38. The maximum atomic E-state index is 5.26. The Kier molecular flexibility index (Phi) is 16.9. The van der Waals surface area contributed by atoms with Crippen molar-refractivity contribution in [3.05, 3.63) is 423 Å². The summed E-state index contributed by atoms with van der Waals surface area (Å²) in [5.41, 5.74) is 34.2. The van der Waals surface area contributed by atoms with Crippen molar-refractivity contribution in [3.8, 4) is 157 Å². The second kappa shape index (κ2) is 28.7. The number of nitrogens with zero attached hydrogens (tertiary/aromatic N) is 6. The molecule has 22 aromatic rings. The standard InChI is InChI=1S/2C58H39N3/c1-58(2)51-14-4-3-13-48(51)49-29-27-44(33-52(49)58)36-15-23-42(24-16-36)57-60-53(34-54(61-57)45-11-6-10-43(32-45)46-12-7-31-59-35-46)38-19-17-37(18-20-38)47-28-25-41-22-21-39-8-5-9-40-26-30-50(47)56(41)55(39)40;1-58(2)51-11-4-3-10-48(51)49-30-28-45(33-52(49)58)36-14-24-44(25-15-36)57-60-53(39-18-12-37(13-19-39)46-9-6-32-59-35-46)34-54(61-57)40-20-16-38(17-21-40)47-29-26-43-23-22-41-7-5-8-42-27-31-50(47)56(43)55(41)42/h2*3-35H,1-2H3. The minimum absolute atomic E-state index is 0.0527. The summed E-state index contributed by atoms with van der Waals surface area (Å²) >= 11 is 0. The van der Waals surface area contributed by atoms with Gasteiger partial charge in [0.15, 0.2) is 11.6 Å². The molecule has 0 fully saturated rings. The molecule has 4 aromatic heterocycles. The molecule has 2 aliphatic carbocycles. The summed E-state index contributed by atoms with van der Waals surface area (Å²) in [7, 11) is 0. The van der Waals surface area contributed by atoms with Crippen LogP contribution in [0.25, 0.3) is 221 Å². The van der Waals surface area contributed by atoms with Gasteiger partial charge < -0.3 is 0 Å². The Balaban J connectivity index is 0.000000142. The molecule has 0 aliphatic heterocycles. The van der Waals surface area contributed by atoms with E-state index in [1.165, 1.54) is 154 Å². The van der Waals surface area contributed by atoms with Gasteiger partial charge in [-0.1, -0.05) is 361 Å². The first-order valence-electron chi connectivity index (χ1n) is 42.0. The molecule has 0 N–H and O–H groups in total. The van der Waals surface area contributed by atoms with E-state index in [1.54, 1.807) is 12.4 Å². The van der Waals surface area contributed by atoms with Crippen molar-refractivity contribution in [1.82, 2.24) is 29.9 Å². The SMILES string of the molecule is CC1(C)c2ccccc2-c2ccc(-c3ccc(-c4nc(-c5ccc(-c6ccc7ccc8cccc9ccc6c7c89)cc5)cc(-c5cccc(-c6cccnc6)c5)n4)cc3)cc21.CC1(C)c2ccccc2-c2ccc(-c3ccc(-c4nc(-c5ccc(-c6cccnc6)cc5)cc(-c5ccc(-c6ccc7ccc8cccc9ccc6c7c89)cc5)n4)cc3)cc21. The van der Waals surface area contributed by atoms with Gasteiger partial charge in [-0.3, -0.25) is 9.97 Å². The molecule has 0 saturated heterocycles. The van der Waals surface area contributed by atoms with Crippen LogP contribution in [0.5, 0.6) is 0 Å².